The number of nitrogens with zero attached hydrogens (tertiary/aromatic N) is 1. The van der Waals surface area contributed by atoms with E-state index >= 15 is 0 Å². The molecular formula is C24H28N4O4. The minimum absolute atomic E-state index is 0.111. The Bertz CT molecular complexity index is 1100. The molecule has 8 heteroatoms. The second-order valence-electron chi connectivity index (χ2n) is 6.92. The van der Waals surface area contributed by atoms with Crippen LogP contribution >= 0.6 is 0 Å². The van der Waals surface area contributed by atoms with Gasteiger partial charge in [-0.05, 0) is 55.8 Å². The molecule has 3 aromatic rings. The predicted octanol–water partition coefficient (Wildman–Crippen LogP) is 4.24. The Morgan fingerprint density at radius 1 is 1.03 bits per heavy atom. The van der Waals surface area contributed by atoms with Crippen molar-refractivity contribution in [2.45, 2.75) is 20.8 Å². The summed E-state index contributed by atoms with van der Waals surface area (Å²) in [4.78, 5) is 26.2. The topological polar surface area (TPSA) is 113 Å². The number of hydrogen-bond acceptors (Lipinski definition) is 6. The summed E-state index contributed by atoms with van der Waals surface area (Å²) in [5.74, 6) is 1.21. The summed E-state index contributed by atoms with van der Waals surface area (Å²) in [6.07, 6.45) is 1.55. The number of carbonyl (C=O) groups excluding carboxylic acids is 2. The van der Waals surface area contributed by atoms with Gasteiger partial charge in [0.15, 0.2) is 0 Å². The maximum absolute atomic E-state index is 11.5. The summed E-state index contributed by atoms with van der Waals surface area (Å²) >= 11 is 0. The molecule has 0 aliphatic rings. The standard InChI is InChI=1S/C15H17N3O2.C9H11NO2/c1-10-12(16-2)5-4-6-14(10)20-11-7-8-18-13(9-11)15(19)17-3;1-6-5-8(10-7(2)11)3-4-9(6)12/h4-9,16H,1-3H3,(H,17,19);3-5,12H,1-2H3,(H,10,11). The Morgan fingerprint density at radius 2 is 1.78 bits per heavy atom. The van der Waals surface area contributed by atoms with E-state index in [1.165, 1.54) is 6.92 Å². The van der Waals surface area contributed by atoms with Crippen molar-refractivity contribution in [2.24, 2.45) is 0 Å². The normalized spacial score (nSPS) is 9.78. The number of aromatic nitrogens is 1. The van der Waals surface area contributed by atoms with Crippen LogP contribution in [0.1, 0.15) is 28.5 Å². The lowest BCUT2D eigenvalue weighted by Crippen LogP contribution is -2.18. The molecule has 0 bridgehead atoms. The van der Waals surface area contributed by atoms with Crippen LogP contribution in [0.5, 0.6) is 17.2 Å². The Hall–Kier alpha value is -4.07. The number of phenols is 1. The molecule has 0 aliphatic carbocycles. The van der Waals surface area contributed by atoms with Gasteiger partial charge in [0.2, 0.25) is 5.91 Å². The number of phenolic OH excluding ortho intramolecular Hbond substituents is 1. The van der Waals surface area contributed by atoms with Gasteiger partial charge < -0.3 is 25.8 Å². The van der Waals surface area contributed by atoms with E-state index in [0.29, 0.717) is 17.1 Å². The quantitative estimate of drug-likeness (QED) is 0.445. The van der Waals surface area contributed by atoms with E-state index in [1.807, 2.05) is 32.2 Å². The molecule has 0 aliphatic heterocycles. The number of benzene rings is 2. The number of ether oxygens (including phenoxy) is 1. The van der Waals surface area contributed by atoms with Gasteiger partial charge in [0.1, 0.15) is 22.9 Å². The van der Waals surface area contributed by atoms with E-state index in [-0.39, 0.29) is 17.6 Å². The van der Waals surface area contributed by atoms with Crippen LogP contribution in [0.3, 0.4) is 0 Å². The molecular weight excluding hydrogens is 408 g/mol. The predicted molar refractivity (Wildman–Crippen MR) is 126 cm³/mol. The van der Waals surface area contributed by atoms with Crippen molar-refractivity contribution in [1.82, 2.24) is 10.3 Å². The Labute approximate surface area is 187 Å². The molecule has 0 saturated carbocycles. The maximum atomic E-state index is 11.5. The third kappa shape index (κ3) is 6.73. The van der Waals surface area contributed by atoms with E-state index in [4.69, 9.17) is 9.84 Å². The van der Waals surface area contributed by atoms with Gasteiger partial charge in [0, 0.05) is 50.2 Å². The molecule has 1 aromatic heterocycles. The van der Waals surface area contributed by atoms with Gasteiger partial charge in [-0.1, -0.05) is 6.07 Å². The van der Waals surface area contributed by atoms with E-state index in [0.717, 1.165) is 22.6 Å². The van der Waals surface area contributed by atoms with Gasteiger partial charge in [-0.2, -0.15) is 0 Å². The zero-order chi connectivity index (χ0) is 23.7. The number of carbonyl (C=O) groups is 2. The Kier molecular flexibility index (Phi) is 8.59. The molecule has 0 spiro atoms. The second kappa shape index (κ2) is 11.4. The molecule has 0 saturated heterocycles. The zero-order valence-corrected chi connectivity index (χ0v) is 18.8. The number of pyridine rings is 1. The summed E-state index contributed by atoms with van der Waals surface area (Å²) in [5.41, 5.74) is 3.79. The number of hydrogen-bond donors (Lipinski definition) is 4. The molecule has 8 nitrogen and oxygen atoms in total. The maximum Gasteiger partial charge on any atom is 0.269 e. The molecule has 3 rings (SSSR count). The number of aryl methyl sites for hydroxylation is 1. The van der Waals surface area contributed by atoms with E-state index < -0.39 is 0 Å². The van der Waals surface area contributed by atoms with Crippen molar-refractivity contribution >= 4 is 23.2 Å². The lowest BCUT2D eigenvalue weighted by atomic mass is 10.2. The van der Waals surface area contributed by atoms with Crippen LogP contribution in [0.15, 0.2) is 54.7 Å². The highest BCUT2D eigenvalue weighted by Gasteiger charge is 2.09. The lowest BCUT2D eigenvalue weighted by molar-refractivity contribution is -0.114. The van der Waals surface area contributed by atoms with Crippen molar-refractivity contribution in [3.05, 3.63) is 71.5 Å². The minimum atomic E-state index is -0.240. The first-order valence-electron chi connectivity index (χ1n) is 9.95. The van der Waals surface area contributed by atoms with Crippen LogP contribution in [-0.2, 0) is 4.79 Å². The number of aromatic hydroxyl groups is 1. The molecule has 4 N–H and O–H groups in total. The third-order valence-corrected chi connectivity index (χ3v) is 4.49. The molecule has 0 atom stereocenters. The summed E-state index contributed by atoms with van der Waals surface area (Å²) in [6.45, 7) is 5.20. The molecule has 2 amide bonds. The number of anilines is 2. The molecule has 0 unspecified atom stereocenters. The SMILES string of the molecule is CC(=O)Nc1ccc(O)c(C)c1.CNC(=O)c1cc(Oc2cccc(NC)c2C)ccn1. The Morgan fingerprint density at radius 3 is 2.41 bits per heavy atom. The molecule has 2 aromatic carbocycles. The summed E-state index contributed by atoms with van der Waals surface area (Å²) in [7, 11) is 3.43. The zero-order valence-electron chi connectivity index (χ0n) is 18.8. The average Bonchev–Trinajstić information content (AvgIpc) is 2.77. The lowest BCUT2D eigenvalue weighted by Gasteiger charge is -2.12. The van der Waals surface area contributed by atoms with Crippen LogP contribution in [0.4, 0.5) is 11.4 Å². The van der Waals surface area contributed by atoms with Gasteiger partial charge in [-0.25, -0.2) is 0 Å². The van der Waals surface area contributed by atoms with Gasteiger partial charge in [0.05, 0.1) is 0 Å². The first-order chi connectivity index (χ1) is 15.2. The van der Waals surface area contributed by atoms with Crippen LogP contribution in [0.2, 0.25) is 0 Å². The third-order valence-electron chi connectivity index (χ3n) is 4.49. The first kappa shape index (κ1) is 24.2. The molecule has 1 heterocycles. The van der Waals surface area contributed by atoms with Crippen molar-refractivity contribution < 1.29 is 19.4 Å². The van der Waals surface area contributed by atoms with Crippen LogP contribution in [0, 0.1) is 13.8 Å². The highest BCUT2D eigenvalue weighted by molar-refractivity contribution is 5.92. The smallest absolute Gasteiger partial charge is 0.269 e. The number of amides is 2. The highest BCUT2D eigenvalue weighted by Crippen LogP contribution is 2.29. The van der Waals surface area contributed by atoms with Gasteiger partial charge >= 0.3 is 0 Å². The fourth-order valence-corrected chi connectivity index (χ4v) is 2.79. The second-order valence-corrected chi connectivity index (χ2v) is 6.92. The van der Waals surface area contributed by atoms with Gasteiger partial charge in [-0.15, -0.1) is 0 Å². The van der Waals surface area contributed by atoms with E-state index in [9.17, 15) is 9.59 Å². The Balaban J connectivity index is 0.000000258. The van der Waals surface area contributed by atoms with E-state index in [1.54, 1.807) is 50.5 Å². The summed E-state index contributed by atoms with van der Waals surface area (Å²) in [5, 5.41) is 17.4. The van der Waals surface area contributed by atoms with Gasteiger partial charge in [0.25, 0.3) is 5.91 Å². The monoisotopic (exact) mass is 436 g/mol. The molecule has 0 fully saturated rings. The fourth-order valence-electron chi connectivity index (χ4n) is 2.79. The first-order valence-corrected chi connectivity index (χ1v) is 9.95. The van der Waals surface area contributed by atoms with Gasteiger partial charge in [-0.3, -0.25) is 14.6 Å². The average molecular weight is 437 g/mol. The number of nitrogens with one attached hydrogen (secondary N) is 3. The van der Waals surface area contributed by atoms with Crippen molar-refractivity contribution in [1.29, 1.82) is 0 Å². The minimum Gasteiger partial charge on any atom is -0.508 e. The van der Waals surface area contributed by atoms with E-state index in [2.05, 4.69) is 20.9 Å². The summed E-state index contributed by atoms with van der Waals surface area (Å²) < 4.78 is 5.83. The van der Waals surface area contributed by atoms with Crippen LogP contribution < -0.4 is 20.7 Å². The fraction of sp³-hybridized carbons (Fsp3) is 0.208. The molecule has 32 heavy (non-hydrogen) atoms. The largest absolute Gasteiger partial charge is 0.508 e. The molecule has 0 radical (unpaired) electrons. The van der Waals surface area contributed by atoms with Crippen LogP contribution in [0.25, 0.3) is 0 Å². The highest BCUT2D eigenvalue weighted by atomic mass is 16.5. The van der Waals surface area contributed by atoms with Crippen molar-refractivity contribution in [2.75, 3.05) is 24.7 Å². The van der Waals surface area contributed by atoms with Crippen molar-refractivity contribution in [3.8, 4) is 17.2 Å². The summed E-state index contributed by atoms with van der Waals surface area (Å²) in [6, 6.07) is 14.0. The van der Waals surface area contributed by atoms with Crippen molar-refractivity contribution in [3.63, 3.8) is 0 Å². The molecule has 168 valence electrons. The number of rotatable bonds is 5. The van der Waals surface area contributed by atoms with Crippen LogP contribution in [-0.4, -0.2) is 36.0 Å².